The maximum Gasteiger partial charge on any atom is 0.205 e. The number of pyridine rings is 1. The maximum atomic E-state index is 13.4. The molecule has 5 rings (SSSR count). The lowest BCUT2D eigenvalue weighted by Gasteiger charge is -2.27. The minimum atomic E-state index is -0.156. The third-order valence-corrected chi connectivity index (χ3v) is 7.52. The molecule has 2 aromatic carbocycles. The van der Waals surface area contributed by atoms with E-state index in [0.717, 1.165) is 52.1 Å². The van der Waals surface area contributed by atoms with E-state index in [0.29, 0.717) is 32.6 Å². The van der Waals surface area contributed by atoms with Crippen molar-refractivity contribution >= 4 is 44.6 Å². The number of thiophene rings is 1. The number of ketones is 1. The first-order valence-electron chi connectivity index (χ1n) is 10.9. The van der Waals surface area contributed by atoms with Crippen molar-refractivity contribution in [2.75, 3.05) is 33.5 Å². The molecule has 4 aromatic rings. The van der Waals surface area contributed by atoms with E-state index < -0.39 is 0 Å². The number of likely N-dealkylation sites (N-methyl/N-ethyl adjacent to an activating group) is 1. The molecule has 1 aliphatic rings. The Labute approximate surface area is 206 Å². The molecule has 0 radical (unpaired) electrons. The fraction of sp³-hybridized carbons (Fsp3) is 0.231. The summed E-state index contributed by atoms with van der Waals surface area (Å²) in [5.41, 5.74) is 11.7. The van der Waals surface area contributed by atoms with Crippen molar-refractivity contribution in [1.82, 2.24) is 9.88 Å². The topological polar surface area (TPSA) is 77.7 Å². The number of benzene rings is 2. The summed E-state index contributed by atoms with van der Waals surface area (Å²) in [6.07, 6.45) is 0.831. The summed E-state index contributed by atoms with van der Waals surface area (Å²) in [7, 11) is 5.33. The van der Waals surface area contributed by atoms with Crippen LogP contribution in [0.5, 0.6) is 11.5 Å². The van der Waals surface area contributed by atoms with Gasteiger partial charge in [-0.2, -0.15) is 0 Å². The molecular formula is C26H24ClN3O3S. The van der Waals surface area contributed by atoms with E-state index in [2.05, 4.69) is 11.9 Å². The van der Waals surface area contributed by atoms with Gasteiger partial charge in [0.15, 0.2) is 11.5 Å². The monoisotopic (exact) mass is 493 g/mol. The summed E-state index contributed by atoms with van der Waals surface area (Å²) in [4.78, 5) is 21.9. The molecule has 6 nitrogen and oxygen atoms in total. The molecular weight excluding hydrogens is 470 g/mol. The molecule has 0 spiro atoms. The van der Waals surface area contributed by atoms with Crippen LogP contribution in [0.1, 0.15) is 26.5 Å². The quantitative estimate of drug-likeness (QED) is 0.373. The number of nitrogens with two attached hydrogens (primary N) is 1. The van der Waals surface area contributed by atoms with E-state index in [9.17, 15) is 4.79 Å². The molecule has 3 heterocycles. The lowest BCUT2D eigenvalue weighted by molar-refractivity contribution is 0.104. The third kappa shape index (κ3) is 3.79. The summed E-state index contributed by atoms with van der Waals surface area (Å²) < 4.78 is 11.0. The van der Waals surface area contributed by atoms with Gasteiger partial charge in [-0.1, -0.05) is 29.8 Å². The normalized spacial score (nSPS) is 13.6. The summed E-state index contributed by atoms with van der Waals surface area (Å²) in [5.74, 6) is 1.13. The standard InChI is InChI=1S/C26H24ClN3O3S/c1-30-10-9-18-17(13-30)21(14-7-8-19(32-2)20(12-14)33-3)22-23(28)25(34-26(22)29-18)24(31)15-5-4-6-16(27)11-15/h4-8,11-12H,9-10,13,28H2,1-3H3. The minimum Gasteiger partial charge on any atom is -0.493 e. The first-order valence-corrected chi connectivity index (χ1v) is 12.1. The van der Waals surface area contributed by atoms with E-state index >= 15 is 0 Å². The molecule has 0 unspecified atom stereocenters. The highest BCUT2D eigenvalue weighted by atomic mass is 35.5. The van der Waals surface area contributed by atoms with E-state index in [4.69, 9.17) is 31.8 Å². The maximum absolute atomic E-state index is 13.4. The molecule has 1 aliphatic heterocycles. The van der Waals surface area contributed by atoms with E-state index in [1.165, 1.54) is 11.3 Å². The molecule has 0 fully saturated rings. The minimum absolute atomic E-state index is 0.156. The van der Waals surface area contributed by atoms with Gasteiger partial charge in [0.05, 0.1) is 19.9 Å². The van der Waals surface area contributed by atoms with Gasteiger partial charge < -0.3 is 20.1 Å². The Balaban J connectivity index is 1.78. The Morgan fingerprint density at radius 2 is 1.94 bits per heavy atom. The highest BCUT2D eigenvalue weighted by molar-refractivity contribution is 7.21. The van der Waals surface area contributed by atoms with Gasteiger partial charge in [-0.05, 0) is 42.4 Å². The first-order chi connectivity index (χ1) is 16.4. The number of nitrogen functional groups attached to an aromatic ring is 1. The van der Waals surface area contributed by atoms with E-state index in [-0.39, 0.29) is 5.78 Å². The average molecular weight is 494 g/mol. The molecule has 2 N–H and O–H groups in total. The summed E-state index contributed by atoms with van der Waals surface area (Å²) >= 11 is 7.47. The number of halogens is 1. The number of hydrogen-bond donors (Lipinski definition) is 1. The van der Waals surface area contributed by atoms with Crippen LogP contribution in [0.15, 0.2) is 42.5 Å². The largest absolute Gasteiger partial charge is 0.493 e. The van der Waals surface area contributed by atoms with Crippen molar-refractivity contribution in [2.24, 2.45) is 0 Å². The van der Waals surface area contributed by atoms with Crippen molar-refractivity contribution in [3.63, 3.8) is 0 Å². The average Bonchev–Trinajstić information content (AvgIpc) is 3.17. The Kier molecular flexibility index (Phi) is 5.93. The van der Waals surface area contributed by atoms with Gasteiger partial charge in [-0.25, -0.2) is 4.98 Å². The number of carbonyl (C=O) groups excluding carboxylic acids is 1. The Bertz CT molecular complexity index is 1430. The van der Waals surface area contributed by atoms with Crippen molar-refractivity contribution < 1.29 is 14.3 Å². The number of nitrogens with zero attached hydrogens (tertiary/aromatic N) is 2. The zero-order valence-electron chi connectivity index (χ0n) is 19.1. The van der Waals surface area contributed by atoms with Gasteiger partial charge in [0.25, 0.3) is 0 Å². The van der Waals surface area contributed by atoms with Crippen LogP contribution in [0, 0.1) is 0 Å². The number of carbonyl (C=O) groups is 1. The van der Waals surface area contributed by atoms with Crippen LogP contribution in [0.2, 0.25) is 5.02 Å². The molecule has 0 amide bonds. The molecule has 2 aromatic heterocycles. The molecule has 0 saturated carbocycles. The van der Waals surface area contributed by atoms with E-state index in [1.807, 2.05) is 18.2 Å². The lowest BCUT2D eigenvalue weighted by atomic mass is 9.91. The summed E-state index contributed by atoms with van der Waals surface area (Å²) in [6.45, 7) is 1.67. The highest BCUT2D eigenvalue weighted by Crippen LogP contribution is 2.45. The fourth-order valence-electron chi connectivity index (χ4n) is 4.50. The van der Waals surface area contributed by atoms with Gasteiger partial charge in [0, 0.05) is 46.7 Å². The Morgan fingerprint density at radius 3 is 2.68 bits per heavy atom. The van der Waals surface area contributed by atoms with E-state index in [1.54, 1.807) is 38.5 Å². The molecule has 8 heteroatoms. The highest BCUT2D eigenvalue weighted by Gasteiger charge is 2.28. The van der Waals surface area contributed by atoms with Crippen LogP contribution in [-0.2, 0) is 13.0 Å². The van der Waals surface area contributed by atoms with Gasteiger partial charge in [0.2, 0.25) is 5.78 Å². The van der Waals surface area contributed by atoms with Gasteiger partial charge in [-0.15, -0.1) is 11.3 Å². The van der Waals surface area contributed by atoms with Crippen LogP contribution in [-0.4, -0.2) is 43.5 Å². The van der Waals surface area contributed by atoms with Crippen molar-refractivity contribution in [3.8, 4) is 22.6 Å². The van der Waals surface area contributed by atoms with Crippen LogP contribution >= 0.6 is 22.9 Å². The zero-order valence-corrected chi connectivity index (χ0v) is 20.7. The van der Waals surface area contributed by atoms with Crippen LogP contribution in [0.3, 0.4) is 0 Å². The smallest absolute Gasteiger partial charge is 0.205 e. The number of rotatable bonds is 5. The predicted octanol–water partition coefficient (Wildman–Crippen LogP) is 5.44. The van der Waals surface area contributed by atoms with Gasteiger partial charge in [0.1, 0.15) is 9.71 Å². The predicted molar refractivity (Wildman–Crippen MR) is 137 cm³/mol. The molecule has 174 valence electrons. The SMILES string of the molecule is COc1ccc(-c2c3c(nc4sc(C(=O)c5cccc(Cl)c5)c(N)c24)CCN(C)C3)cc1OC. The number of methoxy groups -OCH3 is 2. The van der Waals surface area contributed by atoms with Gasteiger partial charge in [-0.3, -0.25) is 4.79 Å². The Morgan fingerprint density at radius 1 is 1.15 bits per heavy atom. The van der Waals surface area contributed by atoms with Crippen LogP contribution in [0.25, 0.3) is 21.3 Å². The number of hydrogen-bond acceptors (Lipinski definition) is 7. The van der Waals surface area contributed by atoms with Crippen LogP contribution < -0.4 is 15.2 Å². The lowest BCUT2D eigenvalue weighted by Crippen LogP contribution is -2.27. The summed E-state index contributed by atoms with van der Waals surface area (Å²) in [6, 6.07) is 12.8. The fourth-order valence-corrected chi connectivity index (χ4v) is 5.78. The van der Waals surface area contributed by atoms with Crippen molar-refractivity contribution in [1.29, 1.82) is 0 Å². The summed E-state index contributed by atoms with van der Waals surface area (Å²) in [5, 5.41) is 1.31. The second-order valence-corrected chi connectivity index (χ2v) is 9.77. The third-order valence-electron chi connectivity index (χ3n) is 6.19. The second kappa shape index (κ2) is 8.91. The van der Waals surface area contributed by atoms with Crippen LogP contribution in [0.4, 0.5) is 5.69 Å². The molecule has 0 saturated heterocycles. The molecule has 34 heavy (non-hydrogen) atoms. The first kappa shape index (κ1) is 22.7. The van der Waals surface area contributed by atoms with Crippen molar-refractivity contribution in [3.05, 3.63) is 69.2 Å². The van der Waals surface area contributed by atoms with Crippen molar-refractivity contribution in [2.45, 2.75) is 13.0 Å². The number of aromatic nitrogens is 1. The number of ether oxygens (including phenoxy) is 2. The molecule has 0 atom stereocenters. The van der Waals surface area contributed by atoms with Gasteiger partial charge >= 0.3 is 0 Å². The number of fused-ring (bicyclic) bond motifs is 2. The second-order valence-electron chi connectivity index (χ2n) is 8.33. The zero-order chi connectivity index (χ0) is 24.0. The number of anilines is 1. The Hall–Kier alpha value is -3.13. The molecule has 0 bridgehead atoms. The molecule has 0 aliphatic carbocycles.